The molecule has 5 N–H and O–H groups in total. The zero-order valence-corrected chi connectivity index (χ0v) is 23.3. The van der Waals surface area contributed by atoms with Gasteiger partial charge in [-0.15, -0.1) is 10.2 Å². The molecule has 0 spiro atoms. The van der Waals surface area contributed by atoms with Gasteiger partial charge < -0.3 is 31.3 Å². The van der Waals surface area contributed by atoms with E-state index in [0.717, 1.165) is 48.7 Å². The fraction of sp³-hybridized carbons (Fsp3) is 0.188. The van der Waals surface area contributed by atoms with E-state index in [9.17, 15) is 4.79 Å². The lowest BCUT2D eigenvalue weighted by molar-refractivity contribution is -0.137. The molecule has 0 amide bonds. The maximum Gasteiger partial charge on any atom is 0.334 e. The van der Waals surface area contributed by atoms with Gasteiger partial charge in [0.15, 0.2) is 11.8 Å². The van der Waals surface area contributed by atoms with Gasteiger partial charge in [-0.3, -0.25) is 0 Å². The van der Waals surface area contributed by atoms with Crippen molar-refractivity contribution in [2.75, 3.05) is 43.0 Å². The minimum absolute atomic E-state index is 0.171. The number of aromatic nitrogens is 2. The van der Waals surface area contributed by atoms with Crippen LogP contribution in [0.4, 0.5) is 17.2 Å². The molecule has 214 valence electrons. The van der Waals surface area contributed by atoms with E-state index in [1.165, 1.54) is 11.8 Å². The minimum atomic E-state index is -0.470. The van der Waals surface area contributed by atoms with E-state index < -0.39 is 5.97 Å². The number of nitrogens with zero attached hydrogens (tertiary/aromatic N) is 5. The molecule has 1 fully saturated rings. The average molecular weight is 563 g/mol. The van der Waals surface area contributed by atoms with Gasteiger partial charge >= 0.3 is 5.97 Å². The van der Waals surface area contributed by atoms with Crippen molar-refractivity contribution in [3.8, 4) is 11.3 Å². The molecule has 3 aromatic carbocycles. The highest BCUT2D eigenvalue weighted by Crippen LogP contribution is 2.19. The van der Waals surface area contributed by atoms with E-state index in [-0.39, 0.29) is 12.6 Å². The second-order valence-corrected chi connectivity index (χ2v) is 9.72. The van der Waals surface area contributed by atoms with Crippen LogP contribution in [0.2, 0.25) is 0 Å². The number of carbonyl (C=O) groups is 1. The van der Waals surface area contributed by atoms with Gasteiger partial charge in [0.1, 0.15) is 5.82 Å². The number of guanidine groups is 1. The number of rotatable bonds is 9. The maximum absolute atomic E-state index is 12.5. The Hall–Kier alpha value is -5.38. The topological polar surface area (TPSA) is 135 Å². The predicted octanol–water partition coefficient (Wildman–Crippen LogP) is 3.91. The van der Waals surface area contributed by atoms with Gasteiger partial charge in [0.05, 0.1) is 18.4 Å². The van der Waals surface area contributed by atoms with Gasteiger partial charge in [-0.1, -0.05) is 66.7 Å². The van der Waals surface area contributed by atoms with Crippen molar-refractivity contribution in [2.45, 2.75) is 6.42 Å². The molecular weight excluding hydrogens is 528 g/mol. The molecule has 42 heavy (non-hydrogen) atoms. The summed E-state index contributed by atoms with van der Waals surface area (Å²) in [6.45, 7) is 3.31. The van der Waals surface area contributed by atoms with Crippen LogP contribution in [-0.4, -0.2) is 59.8 Å². The highest BCUT2D eigenvalue weighted by molar-refractivity contribution is 5.94. The number of para-hydroxylation sites is 2. The Bertz CT molecular complexity index is 1520. The van der Waals surface area contributed by atoms with Crippen molar-refractivity contribution in [1.82, 2.24) is 15.1 Å². The molecule has 0 unspecified atom stereocenters. The van der Waals surface area contributed by atoms with Crippen LogP contribution >= 0.6 is 0 Å². The zero-order chi connectivity index (χ0) is 29.1. The van der Waals surface area contributed by atoms with Crippen molar-refractivity contribution >= 4 is 29.1 Å². The Morgan fingerprint density at radius 3 is 2.26 bits per heavy atom. The largest absolute Gasteiger partial charge is 0.462 e. The molecule has 4 aromatic rings. The zero-order valence-electron chi connectivity index (χ0n) is 23.3. The quantitative estimate of drug-likeness (QED) is 0.120. The summed E-state index contributed by atoms with van der Waals surface area (Å²) in [4.78, 5) is 21.1. The molecule has 5 rings (SSSR count). The number of nitrogens with two attached hydrogens (primary N) is 2. The summed E-state index contributed by atoms with van der Waals surface area (Å²) in [7, 11) is 0. The SMILES string of the molecule is NC(=CC(=O)OCCc1ccccc1NC(N)=Nc1ccc(-c2ccccc2)nn1)N1CCN(c2ccccc2)CC1. The van der Waals surface area contributed by atoms with Crippen LogP contribution in [0.3, 0.4) is 0 Å². The first kappa shape index (κ1) is 28.2. The number of hydrogen-bond donors (Lipinski definition) is 3. The number of nitrogens with one attached hydrogen (secondary N) is 1. The highest BCUT2D eigenvalue weighted by atomic mass is 16.5. The Balaban J connectivity index is 1.11. The van der Waals surface area contributed by atoms with Gasteiger partial charge in [0.2, 0.25) is 0 Å². The average Bonchev–Trinajstić information content (AvgIpc) is 3.03. The molecule has 0 saturated carbocycles. The molecule has 0 atom stereocenters. The number of anilines is 2. The molecule has 0 aliphatic carbocycles. The second-order valence-electron chi connectivity index (χ2n) is 9.72. The van der Waals surface area contributed by atoms with E-state index in [1.807, 2.05) is 83.8 Å². The molecule has 1 aromatic heterocycles. The van der Waals surface area contributed by atoms with Gasteiger partial charge in [-0.2, -0.15) is 4.99 Å². The Labute approximate surface area is 245 Å². The number of ether oxygens (including phenoxy) is 1. The molecular formula is C32H34N8O2. The van der Waals surface area contributed by atoms with Crippen LogP contribution < -0.4 is 21.7 Å². The Kier molecular flexibility index (Phi) is 9.25. The van der Waals surface area contributed by atoms with E-state index in [4.69, 9.17) is 16.2 Å². The summed E-state index contributed by atoms with van der Waals surface area (Å²) in [6, 6.07) is 31.3. The number of benzene rings is 3. The monoisotopic (exact) mass is 562 g/mol. The van der Waals surface area contributed by atoms with Gasteiger partial charge in [-0.05, 0) is 35.9 Å². The molecule has 1 aliphatic heterocycles. The summed E-state index contributed by atoms with van der Waals surface area (Å²) < 4.78 is 5.46. The minimum Gasteiger partial charge on any atom is -0.462 e. The third kappa shape index (κ3) is 7.63. The molecule has 1 saturated heterocycles. The van der Waals surface area contributed by atoms with Crippen molar-refractivity contribution in [2.24, 2.45) is 16.5 Å². The first-order valence-corrected chi connectivity index (χ1v) is 13.8. The standard InChI is InChI=1S/C32H34N8O2/c33-29(40-20-18-39(19-21-40)26-12-5-2-6-13-26)23-31(41)42-22-17-25-11-7-8-14-27(25)35-32(34)36-30-16-15-28(37-38-30)24-9-3-1-4-10-24/h1-16,23H,17-22,33H2,(H3,34,35,36,38). The van der Waals surface area contributed by atoms with E-state index >= 15 is 0 Å². The molecule has 0 bridgehead atoms. The number of esters is 1. The molecule has 1 aliphatic rings. The van der Waals surface area contributed by atoms with Crippen LogP contribution in [0.25, 0.3) is 11.3 Å². The maximum atomic E-state index is 12.5. The van der Waals surface area contributed by atoms with Gasteiger partial charge in [0.25, 0.3) is 0 Å². The molecule has 10 nitrogen and oxygen atoms in total. The van der Waals surface area contributed by atoms with Crippen molar-refractivity contribution in [3.05, 3.63) is 115 Å². The van der Waals surface area contributed by atoms with Crippen LogP contribution in [0, 0.1) is 0 Å². The van der Waals surface area contributed by atoms with Crippen LogP contribution in [0.15, 0.2) is 114 Å². The third-order valence-corrected chi connectivity index (χ3v) is 6.88. The fourth-order valence-electron chi connectivity index (χ4n) is 4.67. The first-order valence-electron chi connectivity index (χ1n) is 13.8. The lowest BCUT2D eigenvalue weighted by atomic mass is 10.1. The van der Waals surface area contributed by atoms with E-state index in [2.05, 4.69) is 37.5 Å². The van der Waals surface area contributed by atoms with E-state index in [1.54, 1.807) is 6.07 Å². The summed E-state index contributed by atoms with van der Waals surface area (Å²) >= 11 is 0. The summed E-state index contributed by atoms with van der Waals surface area (Å²) in [5, 5.41) is 11.5. The van der Waals surface area contributed by atoms with Crippen LogP contribution in [-0.2, 0) is 16.0 Å². The van der Waals surface area contributed by atoms with Gasteiger partial charge in [-0.25, -0.2) is 4.79 Å². The van der Waals surface area contributed by atoms with Crippen molar-refractivity contribution < 1.29 is 9.53 Å². The second kappa shape index (κ2) is 13.8. The number of hydrogen-bond acceptors (Lipinski definition) is 8. The summed E-state index contributed by atoms with van der Waals surface area (Å²) in [6.07, 6.45) is 1.84. The highest BCUT2D eigenvalue weighted by Gasteiger charge is 2.18. The summed E-state index contributed by atoms with van der Waals surface area (Å²) in [5.41, 5.74) is 17.0. The first-order chi connectivity index (χ1) is 20.5. The Morgan fingerprint density at radius 2 is 1.55 bits per heavy atom. The fourth-order valence-corrected chi connectivity index (χ4v) is 4.67. The van der Waals surface area contributed by atoms with Crippen molar-refractivity contribution in [1.29, 1.82) is 0 Å². The third-order valence-electron chi connectivity index (χ3n) is 6.88. The summed E-state index contributed by atoms with van der Waals surface area (Å²) in [5.74, 6) is 0.502. The molecule has 0 radical (unpaired) electrons. The van der Waals surface area contributed by atoms with E-state index in [0.29, 0.717) is 18.1 Å². The van der Waals surface area contributed by atoms with Crippen LogP contribution in [0.5, 0.6) is 0 Å². The smallest absolute Gasteiger partial charge is 0.334 e. The predicted molar refractivity (Wildman–Crippen MR) is 166 cm³/mol. The number of aliphatic imine (C=N–C) groups is 1. The Morgan fingerprint density at radius 1 is 0.857 bits per heavy atom. The molecule has 2 heterocycles. The van der Waals surface area contributed by atoms with Crippen LogP contribution in [0.1, 0.15) is 5.56 Å². The van der Waals surface area contributed by atoms with Crippen molar-refractivity contribution in [3.63, 3.8) is 0 Å². The normalized spacial score (nSPS) is 14.0. The number of carbonyl (C=O) groups excluding carboxylic acids is 1. The lowest BCUT2D eigenvalue weighted by Gasteiger charge is -2.37. The molecule has 10 heteroatoms. The number of piperazine rings is 1. The van der Waals surface area contributed by atoms with Gasteiger partial charge in [0, 0.05) is 49.5 Å². The lowest BCUT2D eigenvalue weighted by Crippen LogP contribution is -2.47.